The topological polar surface area (TPSA) is 62.4 Å². The predicted octanol–water partition coefficient (Wildman–Crippen LogP) is 1.11. The molecule has 5 heteroatoms. The lowest BCUT2D eigenvalue weighted by atomic mass is 9.91. The molecule has 1 aliphatic carbocycles. The predicted molar refractivity (Wildman–Crippen MR) is 58.8 cm³/mol. The fourth-order valence-corrected chi connectivity index (χ4v) is 2.35. The molecule has 5 nitrogen and oxygen atoms in total. The minimum absolute atomic E-state index is 0.216. The first-order valence-electron chi connectivity index (χ1n) is 5.84. The van der Waals surface area contributed by atoms with Gasteiger partial charge < -0.3 is 9.63 Å². The van der Waals surface area contributed by atoms with Crippen molar-refractivity contribution in [2.24, 2.45) is 0 Å². The molecule has 16 heavy (non-hydrogen) atoms. The minimum Gasteiger partial charge on any atom is -0.391 e. The SMILES string of the molecule is Cc1nc(CN(C)C2CCCCC2O)no1. The van der Waals surface area contributed by atoms with Crippen molar-refractivity contribution in [3.8, 4) is 0 Å². The van der Waals surface area contributed by atoms with Gasteiger partial charge in [0.1, 0.15) is 0 Å². The molecule has 90 valence electrons. The van der Waals surface area contributed by atoms with Crippen molar-refractivity contribution in [1.29, 1.82) is 0 Å². The molecule has 1 fully saturated rings. The van der Waals surface area contributed by atoms with Crippen LogP contribution < -0.4 is 0 Å². The summed E-state index contributed by atoms with van der Waals surface area (Å²) in [6.45, 7) is 2.42. The molecule has 1 N–H and O–H groups in total. The second kappa shape index (κ2) is 4.93. The van der Waals surface area contributed by atoms with E-state index >= 15 is 0 Å². The third-order valence-corrected chi connectivity index (χ3v) is 3.22. The molecule has 1 aliphatic rings. The van der Waals surface area contributed by atoms with Gasteiger partial charge in [-0.3, -0.25) is 4.90 Å². The molecular weight excluding hydrogens is 206 g/mol. The fourth-order valence-electron chi connectivity index (χ4n) is 2.35. The Morgan fingerprint density at radius 1 is 1.44 bits per heavy atom. The van der Waals surface area contributed by atoms with Crippen LogP contribution in [0.3, 0.4) is 0 Å². The zero-order valence-corrected chi connectivity index (χ0v) is 9.89. The molecule has 0 aliphatic heterocycles. The monoisotopic (exact) mass is 225 g/mol. The molecule has 1 aromatic heterocycles. The number of aliphatic hydroxyl groups excluding tert-OH is 1. The Morgan fingerprint density at radius 2 is 2.19 bits per heavy atom. The number of likely N-dealkylation sites (N-methyl/N-ethyl adjacent to an activating group) is 1. The van der Waals surface area contributed by atoms with Gasteiger partial charge in [-0.05, 0) is 19.9 Å². The smallest absolute Gasteiger partial charge is 0.223 e. The van der Waals surface area contributed by atoms with Crippen LogP contribution in [0.2, 0.25) is 0 Å². The van der Waals surface area contributed by atoms with Gasteiger partial charge >= 0.3 is 0 Å². The van der Waals surface area contributed by atoms with Crippen molar-refractivity contribution in [3.63, 3.8) is 0 Å². The molecule has 0 spiro atoms. The molecule has 2 rings (SSSR count). The summed E-state index contributed by atoms with van der Waals surface area (Å²) in [5.74, 6) is 1.28. The van der Waals surface area contributed by atoms with Crippen molar-refractivity contribution in [1.82, 2.24) is 15.0 Å². The van der Waals surface area contributed by atoms with E-state index in [1.54, 1.807) is 6.92 Å². The molecule has 2 atom stereocenters. The highest BCUT2D eigenvalue weighted by molar-refractivity contribution is 4.88. The van der Waals surface area contributed by atoms with Crippen LogP contribution in [0.15, 0.2) is 4.52 Å². The maximum Gasteiger partial charge on any atom is 0.223 e. The molecule has 0 radical (unpaired) electrons. The summed E-state index contributed by atoms with van der Waals surface area (Å²) in [4.78, 5) is 6.29. The van der Waals surface area contributed by atoms with Gasteiger partial charge in [-0.15, -0.1) is 0 Å². The second-order valence-electron chi connectivity index (χ2n) is 4.56. The van der Waals surface area contributed by atoms with Gasteiger partial charge in [0.05, 0.1) is 12.6 Å². The van der Waals surface area contributed by atoms with Crippen LogP contribution in [0, 0.1) is 6.92 Å². The number of aromatic nitrogens is 2. The number of aryl methyl sites for hydroxylation is 1. The van der Waals surface area contributed by atoms with Gasteiger partial charge in [-0.25, -0.2) is 0 Å². The molecular formula is C11H19N3O2. The molecule has 0 saturated heterocycles. The first kappa shape index (κ1) is 11.5. The Hall–Kier alpha value is -0.940. The fraction of sp³-hybridized carbons (Fsp3) is 0.818. The summed E-state index contributed by atoms with van der Waals surface area (Å²) in [6, 6.07) is 0.229. The normalized spacial score (nSPS) is 26.2. The van der Waals surface area contributed by atoms with E-state index in [9.17, 15) is 5.11 Å². The van der Waals surface area contributed by atoms with Gasteiger partial charge in [0.25, 0.3) is 0 Å². The van der Waals surface area contributed by atoms with Crippen molar-refractivity contribution >= 4 is 0 Å². The summed E-state index contributed by atoms with van der Waals surface area (Å²) < 4.78 is 4.93. The Morgan fingerprint density at radius 3 is 2.81 bits per heavy atom. The third kappa shape index (κ3) is 2.59. The van der Waals surface area contributed by atoms with E-state index in [1.807, 2.05) is 7.05 Å². The number of aliphatic hydroxyl groups is 1. The van der Waals surface area contributed by atoms with Crippen molar-refractivity contribution in [2.45, 2.75) is 51.3 Å². The van der Waals surface area contributed by atoms with Crippen LogP contribution in [0.5, 0.6) is 0 Å². The largest absolute Gasteiger partial charge is 0.391 e. The van der Waals surface area contributed by atoms with Gasteiger partial charge in [-0.2, -0.15) is 4.98 Å². The highest BCUT2D eigenvalue weighted by Crippen LogP contribution is 2.23. The number of hydrogen-bond acceptors (Lipinski definition) is 5. The summed E-state index contributed by atoms with van der Waals surface area (Å²) in [6.07, 6.45) is 4.06. The summed E-state index contributed by atoms with van der Waals surface area (Å²) >= 11 is 0. The zero-order valence-electron chi connectivity index (χ0n) is 9.89. The minimum atomic E-state index is -0.216. The van der Waals surface area contributed by atoms with Crippen LogP contribution in [0.1, 0.15) is 37.4 Å². The van der Waals surface area contributed by atoms with Gasteiger partial charge in [-0.1, -0.05) is 18.0 Å². The summed E-state index contributed by atoms with van der Waals surface area (Å²) in [7, 11) is 2.00. The Balaban J connectivity index is 1.93. The summed E-state index contributed by atoms with van der Waals surface area (Å²) in [5.41, 5.74) is 0. The highest BCUT2D eigenvalue weighted by atomic mass is 16.5. The van der Waals surface area contributed by atoms with Gasteiger partial charge in [0, 0.05) is 13.0 Å². The molecule has 1 heterocycles. The highest BCUT2D eigenvalue weighted by Gasteiger charge is 2.27. The lowest BCUT2D eigenvalue weighted by Crippen LogP contribution is -2.43. The van der Waals surface area contributed by atoms with E-state index in [2.05, 4.69) is 15.0 Å². The van der Waals surface area contributed by atoms with E-state index in [1.165, 1.54) is 6.42 Å². The van der Waals surface area contributed by atoms with E-state index in [0.29, 0.717) is 18.3 Å². The quantitative estimate of drug-likeness (QED) is 0.835. The maximum atomic E-state index is 9.92. The van der Waals surface area contributed by atoms with E-state index in [-0.39, 0.29) is 12.1 Å². The molecule has 1 saturated carbocycles. The summed E-state index contributed by atoms with van der Waals surface area (Å²) in [5, 5.41) is 13.8. The second-order valence-corrected chi connectivity index (χ2v) is 4.56. The van der Waals surface area contributed by atoms with Crippen LogP contribution in [-0.4, -0.2) is 39.3 Å². The number of hydrogen-bond donors (Lipinski definition) is 1. The third-order valence-electron chi connectivity index (χ3n) is 3.22. The maximum absolute atomic E-state index is 9.92. The molecule has 0 amide bonds. The van der Waals surface area contributed by atoms with Gasteiger partial charge in [0.2, 0.25) is 5.89 Å². The molecule has 0 bridgehead atoms. The van der Waals surface area contributed by atoms with E-state index in [0.717, 1.165) is 19.3 Å². The van der Waals surface area contributed by atoms with Crippen molar-refractivity contribution in [3.05, 3.63) is 11.7 Å². The Bertz CT molecular complexity index is 340. The number of rotatable bonds is 3. The van der Waals surface area contributed by atoms with E-state index < -0.39 is 0 Å². The molecule has 0 aromatic carbocycles. The van der Waals surface area contributed by atoms with Crippen LogP contribution >= 0.6 is 0 Å². The Labute approximate surface area is 95.4 Å². The standard InChI is InChI=1S/C11H19N3O2/c1-8-12-11(13-16-8)7-14(2)9-5-3-4-6-10(9)15/h9-10,15H,3-7H2,1-2H3. The first-order chi connectivity index (χ1) is 7.66. The van der Waals surface area contributed by atoms with Crippen molar-refractivity contribution in [2.75, 3.05) is 7.05 Å². The average Bonchev–Trinajstić information content (AvgIpc) is 2.64. The lowest BCUT2D eigenvalue weighted by molar-refractivity contribution is 0.0275. The van der Waals surface area contributed by atoms with Gasteiger partial charge in [0.15, 0.2) is 5.82 Å². The molecule has 1 aromatic rings. The van der Waals surface area contributed by atoms with Crippen LogP contribution in [0.25, 0.3) is 0 Å². The molecule has 2 unspecified atom stereocenters. The van der Waals surface area contributed by atoms with Crippen molar-refractivity contribution < 1.29 is 9.63 Å². The number of nitrogens with zero attached hydrogens (tertiary/aromatic N) is 3. The Kier molecular flexibility index (Phi) is 3.56. The average molecular weight is 225 g/mol. The van der Waals surface area contributed by atoms with Crippen LogP contribution in [0.4, 0.5) is 0 Å². The van der Waals surface area contributed by atoms with E-state index in [4.69, 9.17) is 4.52 Å². The zero-order chi connectivity index (χ0) is 11.5. The van der Waals surface area contributed by atoms with Crippen LogP contribution in [-0.2, 0) is 6.54 Å². The first-order valence-corrected chi connectivity index (χ1v) is 5.84. The lowest BCUT2D eigenvalue weighted by Gasteiger charge is -2.34.